The Bertz CT molecular complexity index is 253. The van der Waals surface area contributed by atoms with Gasteiger partial charge < -0.3 is 15.5 Å². The Kier molecular flexibility index (Phi) is 7.91. The minimum Gasteiger partial charge on any atom is -0.355 e. The number of nitrogens with one attached hydrogen (secondary N) is 2. The Labute approximate surface area is 109 Å². The van der Waals surface area contributed by atoms with Crippen LogP contribution < -0.4 is 10.6 Å². The SMILES string of the molecule is CN(C)C(=O)CCCNC(=O)C1CCCN1.Cl. The standard InChI is InChI=1S/C11H21N3O2.ClH/c1-14(2)10(15)6-4-8-13-11(16)9-5-3-7-12-9;/h9,12H,3-8H2,1-2H3,(H,13,16);1H. The molecule has 1 aliphatic rings. The number of nitrogens with zero attached hydrogens (tertiary/aromatic N) is 1. The molecule has 17 heavy (non-hydrogen) atoms. The zero-order chi connectivity index (χ0) is 12.0. The quantitative estimate of drug-likeness (QED) is 0.694. The van der Waals surface area contributed by atoms with Crippen molar-refractivity contribution in [3.63, 3.8) is 0 Å². The van der Waals surface area contributed by atoms with E-state index in [2.05, 4.69) is 10.6 Å². The minimum absolute atomic E-state index is 0. The van der Waals surface area contributed by atoms with Gasteiger partial charge in [-0.25, -0.2) is 0 Å². The Hall–Kier alpha value is -0.810. The van der Waals surface area contributed by atoms with Crippen LogP contribution in [0.1, 0.15) is 25.7 Å². The normalized spacial score (nSPS) is 18.4. The van der Waals surface area contributed by atoms with Crippen molar-refractivity contribution in [3.8, 4) is 0 Å². The van der Waals surface area contributed by atoms with E-state index in [1.807, 2.05) is 0 Å². The molecule has 0 radical (unpaired) electrons. The van der Waals surface area contributed by atoms with Gasteiger partial charge in [0.1, 0.15) is 0 Å². The lowest BCUT2D eigenvalue weighted by molar-refractivity contribution is -0.129. The van der Waals surface area contributed by atoms with Crippen molar-refractivity contribution < 1.29 is 9.59 Å². The average molecular weight is 264 g/mol. The lowest BCUT2D eigenvalue weighted by Gasteiger charge is -2.12. The highest BCUT2D eigenvalue weighted by Crippen LogP contribution is 2.04. The third-order valence-corrected chi connectivity index (χ3v) is 2.74. The van der Waals surface area contributed by atoms with E-state index >= 15 is 0 Å². The van der Waals surface area contributed by atoms with E-state index in [1.54, 1.807) is 19.0 Å². The molecule has 0 saturated carbocycles. The van der Waals surface area contributed by atoms with Gasteiger partial charge in [0.15, 0.2) is 0 Å². The van der Waals surface area contributed by atoms with Gasteiger partial charge in [-0.3, -0.25) is 9.59 Å². The van der Waals surface area contributed by atoms with Gasteiger partial charge in [0.2, 0.25) is 11.8 Å². The van der Waals surface area contributed by atoms with E-state index in [1.165, 1.54) is 0 Å². The van der Waals surface area contributed by atoms with E-state index in [-0.39, 0.29) is 30.3 Å². The first kappa shape index (κ1) is 16.2. The molecular formula is C11H22ClN3O2. The summed E-state index contributed by atoms with van der Waals surface area (Å²) in [6.45, 7) is 1.51. The maximum absolute atomic E-state index is 11.6. The maximum Gasteiger partial charge on any atom is 0.237 e. The second-order valence-corrected chi connectivity index (χ2v) is 4.33. The fourth-order valence-electron chi connectivity index (χ4n) is 1.71. The van der Waals surface area contributed by atoms with E-state index in [0.29, 0.717) is 19.4 Å². The van der Waals surface area contributed by atoms with Gasteiger partial charge in [0, 0.05) is 27.1 Å². The lowest BCUT2D eigenvalue weighted by Crippen LogP contribution is -2.40. The van der Waals surface area contributed by atoms with E-state index in [9.17, 15) is 9.59 Å². The molecule has 2 N–H and O–H groups in total. The van der Waals surface area contributed by atoms with Crippen LogP contribution in [0, 0.1) is 0 Å². The molecule has 1 fully saturated rings. The molecule has 6 heteroatoms. The van der Waals surface area contributed by atoms with Crippen molar-refractivity contribution >= 4 is 24.2 Å². The van der Waals surface area contributed by atoms with Crippen LogP contribution in [-0.4, -0.2) is 49.9 Å². The first-order valence-corrected chi connectivity index (χ1v) is 5.82. The third-order valence-electron chi connectivity index (χ3n) is 2.74. The van der Waals surface area contributed by atoms with Crippen LogP contribution in [0.4, 0.5) is 0 Å². The van der Waals surface area contributed by atoms with Gasteiger partial charge in [-0.15, -0.1) is 12.4 Å². The molecule has 0 spiro atoms. The number of halogens is 1. The fourth-order valence-corrected chi connectivity index (χ4v) is 1.71. The number of carbonyl (C=O) groups excluding carboxylic acids is 2. The van der Waals surface area contributed by atoms with Crippen LogP contribution in [0.15, 0.2) is 0 Å². The number of rotatable bonds is 5. The molecule has 1 aliphatic heterocycles. The summed E-state index contributed by atoms with van der Waals surface area (Å²) in [6, 6.07) is -0.0236. The summed E-state index contributed by atoms with van der Waals surface area (Å²) in [6.07, 6.45) is 3.18. The Morgan fingerprint density at radius 2 is 2.12 bits per heavy atom. The Morgan fingerprint density at radius 3 is 2.65 bits per heavy atom. The summed E-state index contributed by atoms with van der Waals surface area (Å²) in [5.41, 5.74) is 0. The lowest BCUT2D eigenvalue weighted by atomic mass is 10.2. The van der Waals surface area contributed by atoms with Gasteiger partial charge in [-0.05, 0) is 25.8 Å². The topological polar surface area (TPSA) is 61.4 Å². The maximum atomic E-state index is 11.6. The predicted octanol–water partition coefficient (Wildman–Crippen LogP) is 0.145. The monoisotopic (exact) mass is 263 g/mol. The first-order valence-electron chi connectivity index (χ1n) is 5.82. The highest BCUT2D eigenvalue weighted by atomic mass is 35.5. The van der Waals surface area contributed by atoms with Gasteiger partial charge >= 0.3 is 0 Å². The summed E-state index contributed by atoms with van der Waals surface area (Å²) in [5, 5.41) is 5.98. The highest BCUT2D eigenvalue weighted by Gasteiger charge is 2.21. The number of carbonyl (C=O) groups is 2. The zero-order valence-electron chi connectivity index (χ0n) is 10.5. The van der Waals surface area contributed by atoms with Gasteiger partial charge in [0.05, 0.1) is 6.04 Å². The fraction of sp³-hybridized carbons (Fsp3) is 0.818. The molecule has 1 rings (SSSR count). The Balaban J connectivity index is 0.00000256. The van der Waals surface area contributed by atoms with Crippen molar-refractivity contribution in [2.24, 2.45) is 0 Å². The highest BCUT2D eigenvalue weighted by molar-refractivity contribution is 5.85. The van der Waals surface area contributed by atoms with Crippen LogP contribution in [0.25, 0.3) is 0 Å². The van der Waals surface area contributed by atoms with Crippen molar-refractivity contribution in [1.29, 1.82) is 0 Å². The van der Waals surface area contributed by atoms with E-state index < -0.39 is 0 Å². The van der Waals surface area contributed by atoms with Crippen molar-refractivity contribution in [2.45, 2.75) is 31.7 Å². The zero-order valence-corrected chi connectivity index (χ0v) is 11.3. The molecule has 0 aliphatic carbocycles. The van der Waals surface area contributed by atoms with Crippen LogP contribution >= 0.6 is 12.4 Å². The number of hydrogen-bond donors (Lipinski definition) is 2. The number of hydrogen-bond acceptors (Lipinski definition) is 3. The third kappa shape index (κ3) is 5.89. The molecule has 1 unspecified atom stereocenters. The molecular weight excluding hydrogens is 242 g/mol. The molecule has 100 valence electrons. The van der Waals surface area contributed by atoms with Crippen LogP contribution in [0.2, 0.25) is 0 Å². The second kappa shape index (κ2) is 8.31. The van der Waals surface area contributed by atoms with E-state index in [0.717, 1.165) is 19.4 Å². The van der Waals surface area contributed by atoms with Crippen LogP contribution in [-0.2, 0) is 9.59 Å². The summed E-state index contributed by atoms with van der Waals surface area (Å²) in [4.78, 5) is 24.4. The van der Waals surface area contributed by atoms with Gasteiger partial charge in [-0.1, -0.05) is 0 Å². The molecule has 1 atom stereocenters. The molecule has 5 nitrogen and oxygen atoms in total. The van der Waals surface area contributed by atoms with Crippen molar-refractivity contribution in [1.82, 2.24) is 15.5 Å². The molecule has 0 bridgehead atoms. The molecule has 1 saturated heterocycles. The summed E-state index contributed by atoms with van der Waals surface area (Å²) < 4.78 is 0. The molecule has 1 heterocycles. The average Bonchev–Trinajstić information content (AvgIpc) is 2.76. The van der Waals surface area contributed by atoms with Crippen LogP contribution in [0.5, 0.6) is 0 Å². The van der Waals surface area contributed by atoms with Crippen molar-refractivity contribution in [2.75, 3.05) is 27.2 Å². The minimum atomic E-state index is -0.0236. The summed E-state index contributed by atoms with van der Waals surface area (Å²) in [5.74, 6) is 0.169. The second-order valence-electron chi connectivity index (χ2n) is 4.33. The molecule has 0 aromatic heterocycles. The van der Waals surface area contributed by atoms with Crippen LogP contribution in [0.3, 0.4) is 0 Å². The van der Waals surface area contributed by atoms with Gasteiger partial charge in [0.25, 0.3) is 0 Å². The smallest absolute Gasteiger partial charge is 0.237 e. The molecule has 0 aromatic rings. The van der Waals surface area contributed by atoms with E-state index in [4.69, 9.17) is 0 Å². The largest absolute Gasteiger partial charge is 0.355 e. The molecule has 0 aromatic carbocycles. The Morgan fingerprint density at radius 1 is 1.41 bits per heavy atom. The summed E-state index contributed by atoms with van der Waals surface area (Å²) in [7, 11) is 3.48. The van der Waals surface area contributed by atoms with Crippen molar-refractivity contribution in [3.05, 3.63) is 0 Å². The first-order chi connectivity index (χ1) is 7.61. The summed E-state index contributed by atoms with van der Waals surface area (Å²) >= 11 is 0. The van der Waals surface area contributed by atoms with Gasteiger partial charge in [-0.2, -0.15) is 0 Å². The predicted molar refractivity (Wildman–Crippen MR) is 69.2 cm³/mol. The molecule has 2 amide bonds. The number of amides is 2.